The van der Waals surface area contributed by atoms with Crippen LogP contribution in [0.1, 0.15) is 37.5 Å². The van der Waals surface area contributed by atoms with E-state index in [-0.39, 0.29) is 5.41 Å². The number of aryl methyl sites for hydroxylation is 1. The summed E-state index contributed by atoms with van der Waals surface area (Å²) >= 11 is 0. The molecule has 0 saturated carbocycles. The Bertz CT molecular complexity index is 381. The van der Waals surface area contributed by atoms with E-state index in [9.17, 15) is 0 Å². The number of hydrogen-bond donors (Lipinski definition) is 1. The summed E-state index contributed by atoms with van der Waals surface area (Å²) < 4.78 is 5.56. The second-order valence-electron chi connectivity index (χ2n) is 5.38. The van der Waals surface area contributed by atoms with Gasteiger partial charge in [0.05, 0.1) is 13.7 Å². The Morgan fingerprint density at radius 1 is 1.24 bits per heavy atom. The highest BCUT2D eigenvalue weighted by Crippen LogP contribution is 2.35. The predicted octanol–water partition coefficient (Wildman–Crippen LogP) is 2.73. The molecule has 0 aromatic heterocycles. The van der Waals surface area contributed by atoms with Crippen molar-refractivity contribution >= 4 is 0 Å². The molecule has 0 heterocycles. The largest absolute Gasteiger partial charge is 0.496 e. The molecule has 0 atom stereocenters. The molecule has 1 aromatic rings. The van der Waals surface area contributed by atoms with E-state index >= 15 is 0 Å². The van der Waals surface area contributed by atoms with Crippen LogP contribution in [0.15, 0.2) is 12.1 Å². The molecule has 0 spiro atoms. The monoisotopic (exact) mass is 237 g/mol. The van der Waals surface area contributed by atoms with E-state index in [4.69, 9.17) is 10.6 Å². The number of rotatable bonds is 4. The minimum atomic E-state index is 0.0652. The highest BCUT2D eigenvalue weighted by atomic mass is 16.6. The smallest absolute Gasteiger partial charge is 0.125 e. The fraction of sp³-hybridized carbons (Fsp3) is 0.571. The van der Waals surface area contributed by atoms with Crippen LogP contribution in [0.3, 0.4) is 0 Å². The van der Waals surface area contributed by atoms with Crippen LogP contribution in [-0.4, -0.2) is 13.7 Å². The number of nitrogens with two attached hydrogens (primary N) is 1. The first-order valence-electron chi connectivity index (χ1n) is 5.90. The van der Waals surface area contributed by atoms with Gasteiger partial charge in [0.15, 0.2) is 0 Å². The number of methoxy groups -OCH3 is 1. The maximum absolute atomic E-state index is 5.56. The van der Waals surface area contributed by atoms with Gasteiger partial charge in [0.1, 0.15) is 5.75 Å². The average molecular weight is 237 g/mol. The van der Waals surface area contributed by atoms with Crippen LogP contribution in [0, 0.1) is 6.92 Å². The Morgan fingerprint density at radius 2 is 1.88 bits per heavy atom. The number of ether oxygens (including phenoxy) is 1. The Hall–Kier alpha value is -1.06. The van der Waals surface area contributed by atoms with Crippen LogP contribution < -0.4 is 10.6 Å². The van der Waals surface area contributed by atoms with Gasteiger partial charge in [-0.15, -0.1) is 0 Å². The van der Waals surface area contributed by atoms with Crippen molar-refractivity contribution in [1.29, 1.82) is 0 Å². The van der Waals surface area contributed by atoms with Crippen LogP contribution >= 0.6 is 0 Å². The van der Waals surface area contributed by atoms with E-state index < -0.39 is 0 Å². The summed E-state index contributed by atoms with van der Waals surface area (Å²) in [6.45, 7) is 9.17. The zero-order chi connectivity index (χ0) is 13.1. The first-order valence-corrected chi connectivity index (χ1v) is 5.90. The van der Waals surface area contributed by atoms with Crippen LogP contribution in [0.5, 0.6) is 5.75 Å². The van der Waals surface area contributed by atoms with Crippen LogP contribution in [0.25, 0.3) is 0 Å². The third kappa shape index (κ3) is 3.45. The topological polar surface area (TPSA) is 44.5 Å². The molecule has 0 aliphatic carbocycles. The van der Waals surface area contributed by atoms with Gasteiger partial charge in [-0.25, -0.2) is 5.90 Å². The minimum absolute atomic E-state index is 0.0652. The van der Waals surface area contributed by atoms with Gasteiger partial charge in [0, 0.05) is 12.0 Å². The van der Waals surface area contributed by atoms with Crippen molar-refractivity contribution in [2.24, 2.45) is 5.90 Å². The molecule has 17 heavy (non-hydrogen) atoms. The van der Waals surface area contributed by atoms with E-state index in [1.54, 1.807) is 7.11 Å². The first-order chi connectivity index (χ1) is 7.90. The summed E-state index contributed by atoms with van der Waals surface area (Å²) in [6.07, 6.45) is 0.768. The molecule has 0 fully saturated rings. The quantitative estimate of drug-likeness (QED) is 0.819. The molecular formula is C14H23NO2. The third-order valence-corrected chi connectivity index (χ3v) is 2.81. The molecule has 0 amide bonds. The fourth-order valence-electron chi connectivity index (χ4n) is 2.00. The summed E-state index contributed by atoms with van der Waals surface area (Å²) in [5.41, 5.74) is 3.69. The van der Waals surface area contributed by atoms with Gasteiger partial charge in [0.25, 0.3) is 0 Å². The van der Waals surface area contributed by atoms with Crippen molar-refractivity contribution in [3.63, 3.8) is 0 Å². The average Bonchev–Trinajstić information content (AvgIpc) is 2.24. The zero-order valence-corrected chi connectivity index (χ0v) is 11.5. The van der Waals surface area contributed by atoms with Gasteiger partial charge < -0.3 is 9.57 Å². The lowest BCUT2D eigenvalue weighted by molar-refractivity contribution is 0.140. The summed E-state index contributed by atoms with van der Waals surface area (Å²) in [5.74, 6) is 6.05. The first kappa shape index (κ1) is 14.0. The van der Waals surface area contributed by atoms with Gasteiger partial charge in [-0.05, 0) is 17.9 Å². The summed E-state index contributed by atoms with van der Waals surface area (Å²) in [7, 11) is 1.71. The Morgan fingerprint density at radius 3 is 2.35 bits per heavy atom. The molecule has 2 N–H and O–H groups in total. The molecule has 3 heteroatoms. The van der Waals surface area contributed by atoms with Gasteiger partial charge in [-0.3, -0.25) is 0 Å². The SMILES string of the molecule is COc1c(CCON)cc(C)cc1C(C)(C)C. The van der Waals surface area contributed by atoms with Gasteiger partial charge in [-0.2, -0.15) is 0 Å². The molecule has 1 rings (SSSR count). The van der Waals surface area contributed by atoms with Crippen molar-refractivity contribution in [2.75, 3.05) is 13.7 Å². The van der Waals surface area contributed by atoms with E-state index in [0.29, 0.717) is 6.61 Å². The second kappa shape index (κ2) is 5.52. The van der Waals surface area contributed by atoms with Crippen molar-refractivity contribution < 1.29 is 9.57 Å². The maximum Gasteiger partial charge on any atom is 0.125 e. The van der Waals surface area contributed by atoms with Crippen LogP contribution in [0.4, 0.5) is 0 Å². The number of benzene rings is 1. The summed E-state index contributed by atoms with van der Waals surface area (Å²) in [4.78, 5) is 4.66. The standard InChI is InChI=1S/C14H23NO2/c1-10-8-11(6-7-17-15)13(16-5)12(9-10)14(2,3)4/h8-9H,6-7,15H2,1-5H3. The van der Waals surface area contributed by atoms with Crippen LogP contribution in [0.2, 0.25) is 0 Å². The third-order valence-electron chi connectivity index (χ3n) is 2.81. The summed E-state index contributed by atoms with van der Waals surface area (Å²) in [6, 6.07) is 4.32. The fourth-order valence-corrected chi connectivity index (χ4v) is 2.00. The molecule has 0 aliphatic rings. The lowest BCUT2D eigenvalue weighted by atomic mass is 9.83. The maximum atomic E-state index is 5.56. The predicted molar refractivity (Wildman–Crippen MR) is 70.3 cm³/mol. The van der Waals surface area contributed by atoms with E-state index in [1.165, 1.54) is 11.1 Å². The van der Waals surface area contributed by atoms with E-state index in [1.807, 2.05) is 0 Å². The van der Waals surface area contributed by atoms with E-state index in [0.717, 1.165) is 17.7 Å². The molecule has 0 radical (unpaired) electrons. The van der Waals surface area contributed by atoms with Crippen LogP contribution in [-0.2, 0) is 16.7 Å². The Kier molecular flexibility index (Phi) is 4.54. The normalized spacial score (nSPS) is 11.6. The second-order valence-corrected chi connectivity index (χ2v) is 5.38. The van der Waals surface area contributed by atoms with Crippen molar-refractivity contribution in [3.05, 3.63) is 28.8 Å². The number of hydrogen-bond acceptors (Lipinski definition) is 3. The van der Waals surface area contributed by atoms with E-state index in [2.05, 4.69) is 44.7 Å². The van der Waals surface area contributed by atoms with Gasteiger partial charge in [0.2, 0.25) is 0 Å². The Balaban J connectivity index is 3.25. The molecule has 1 aromatic carbocycles. The Labute approximate surface area is 104 Å². The van der Waals surface area contributed by atoms with Gasteiger partial charge in [-0.1, -0.05) is 38.5 Å². The molecule has 0 aliphatic heterocycles. The van der Waals surface area contributed by atoms with Crippen molar-refractivity contribution in [2.45, 2.75) is 39.5 Å². The minimum Gasteiger partial charge on any atom is -0.496 e. The highest BCUT2D eigenvalue weighted by molar-refractivity contribution is 5.47. The molecule has 3 nitrogen and oxygen atoms in total. The van der Waals surface area contributed by atoms with Crippen molar-refractivity contribution in [1.82, 2.24) is 0 Å². The lowest BCUT2D eigenvalue weighted by Gasteiger charge is -2.24. The molecule has 96 valence electrons. The van der Waals surface area contributed by atoms with Gasteiger partial charge >= 0.3 is 0 Å². The molecular weight excluding hydrogens is 214 g/mol. The zero-order valence-electron chi connectivity index (χ0n) is 11.5. The van der Waals surface area contributed by atoms with Crippen molar-refractivity contribution in [3.8, 4) is 5.75 Å². The molecule has 0 unspecified atom stereocenters. The lowest BCUT2D eigenvalue weighted by Crippen LogP contribution is -2.15. The molecule has 0 bridgehead atoms. The summed E-state index contributed by atoms with van der Waals surface area (Å²) in [5, 5.41) is 0. The highest BCUT2D eigenvalue weighted by Gasteiger charge is 2.21. The molecule has 0 saturated heterocycles.